The Hall–Kier alpha value is -2.10. The molecule has 2 rings (SSSR count). The van der Waals surface area contributed by atoms with E-state index in [1.54, 1.807) is 4.90 Å². The first-order valence-electron chi connectivity index (χ1n) is 7.12. The number of nitrogens with one attached hydrogen (secondary N) is 1. The molecule has 0 aliphatic rings. The molecule has 0 unspecified atom stereocenters. The van der Waals surface area contributed by atoms with Crippen LogP contribution in [0.2, 0.25) is 0 Å². The second-order valence-electron chi connectivity index (χ2n) is 4.83. The quantitative estimate of drug-likeness (QED) is 0.878. The summed E-state index contributed by atoms with van der Waals surface area (Å²) >= 11 is 0. The predicted octanol–water partition coefficient (Wildman–Crippen LogP) is 3.02. The number of carbonyl (C=O) groups excluding carboxylic acids is 1. The van der Waals surface area contributed by atoms with Crippen molar-refractivity contribution >= 4 is 5.91 Å². The molecular weight excluding hydrogens is 250 g/mol. The summed E-state index contributed by atoms with van der Waals surface area (Å²) < 4.78 is 0. The van der Waals surface area contributed by atoms with E-state index in [-0.39, 0.29) is 5.91 Å². The molecule has 4 nitrogen and oxygen atoms in total. The topological polar surface area (TPSA) is 49.0 Å². The highest BCUT2D eigenvalue weighted by Gasteiger charge is 2.17. The maximum absolute atomic E-state index is 12.4. The minimum atomic E-state index is -0.0186. The zero-order chi connectivity index (χ0) is 14.4. The van der Waals surface area contributed by atoms with Crippen LogP contribution in [-0.4, -0.2) is 27.5 Å². The SMILES string of the molecule is CCCc1cc(C(=O)N(CC)Cc2ccccc2)n[nH]1. The number of nitrogens with zero attached hydrogens (tertiary/aromatic N) is 2. The molecule has 0 spiro atoms. The van der Waals surface area contributed by atoms with Crippen LogP contribution < -0.4 is 0 Å². The third-order valence-corrected chi connectivity index (χ3v) is 3.25. The lowest BCUT2D eigenvalue weighted by Gasteiger charge is -2.19. The number of H-pyrrole nitrogens is 1. The van der Waals surface area contributed by atoms with E-state index in [9.17, 15) is 4.79 Å². The van der Waals surface area contributed by atoms with E-state index in [0.717, 1.165) is 24.1 Å². The molecule has 1 aromatic carbocycles. The molecule has 1 N–H and O–H groups in total. The Labute approximate surface area is 119 Å². The molecule has 4 heteroatoms. The summed E-state index contributed by atoms with van der Waals surface area (Å²) in [6.45, 7) is 5.38. The standard InChI is InChI=1S/C16H21N3O/c1-3-8-14-11-15(18-17-14)16(20)19(4-2)12-13-9-6-5-7-10-13/h5-7,9-11H,3-4,8,12H2,1-2H3,(H,17,18). The van der Waals surface area contributed by atoms with Crippen LogP contribution in [0.25, 0.3) is 0 Å². The number of aromatic nitrogens is 2. The Kier molecular flexibility index (Phi) is 4.93. The van der Waals surface area contributed by atoms with Gasteiger partial charge in [0, 0.05) is 18.8 Å². The molecule has 0 saturated heterocycles. The lowest BCUT2D eigenvalue weighted by atomic mass is 10.2. The molecular formula is C16H21N3O. The summed E-state index contributed by atoms with van der Waals surface area (Å²) in [5.74, 6) is -0.0186. The van der Waals surface area contributed by atoms with Gasteiger partial charge in [0.1, 0.15) is 5.69 Å². The molecule has 1 heterocycles. The Morgan fingerprint density at radius 3 is 2.65 bits per heavy atom. The monoisotopic (exact) mass is 271 g/mol. The van der Waals surface area contributed by atoms with Gasteiger partial charge in [-0.05, 0) is 25.0 Å². The van der Waals surface area contributed by atoms with Crippen molar-refractivity contribution in [1.82, 2.24) is 15.1 Å². The minimum absolute atomic E-state index is 0.0186. The first-order valence-corrected chi connectivity index (χ1v) is 7.12. The zero-order valence-corrected chi connectivity index (χ0v) is 12.1. The third-order valence-electron chi connectivity index (χ3n) is 3.25. The highest BCUT2D eigenvalue weighted by atomic mass is 16.2. The van der Waals surface area contributed by atoms with Crippen molar-refractivity contribution in [3.63, 3.8) is 0 Å². The molecule has 0 aliphatic carbocycles. The van der Waals surface area contributed by atoms with Crippen molar-refractivity contribution in [3.05, 3.63) is 53.3 Å². The van der Waals surface area contributed by atoms with Crippen LogP contribution in [0, 0.1) is 0 Å². The van der Waals surface area contributed by atoms with Gasteiger partial charge in [-0.15, -0.1) is 0 Å². The number of carbonyl (C=O) groups is 1. The van der Waals surface area contributed by atoms with Gasteiger partial charge in [-0.3, -0.25) is 9.89 Å². The zero-order valence-electron chi connectivity index (χ0n) is 12.1. The van der Waals surface area contributed by atoms with E-state index in [1.807, 2.05) is 43.3 Å². The molecule has 0 saturated carbocycles. The van der Waals surface area contributed by atoms with Gasteiger partial charge < -0.3 is 4.90 Å². The molecule has 20 heavy (non-hydrogen) atoms. The number of hydrogen-bond donors (Lipinski definition) is 1. The molecule has 0 atom stereocenters. The normalized spacial score (nSPS) is 10.5. The second kappa shape index (κ2) is 6.89. The van der Waals surface area contributed by atoms with Crippen LogP contribution in [-0.2, 0) is 13.0 Å². The fourth-order valence-corrected chi connectivity index (χ4v) is 2.16. The van der Waals surface area contributed by atoms with Crippen LogP contribution in [0.1, 0.15) is 42.0 Å². The molecule has 1 amide bonds. The van der Waals surface area contributed by atoms with E-state index < -0.39 is 0 Å². The van der Waals surface area contributed by atoms with Crippen LogP contribution in [0.3, 0.4) is 0 Å². The van der Waals surface area contributed by atoms with Gasteiger partial charge in [0.2, 0.25) is 0 Å². The molecule has 0 aliphatic heterocycles. The summed E-state index contributed by atoms with van der Waals surface area (Å²) in [6.07, 6.45) is 1.96. The smallest absolute Gasteiger partial charge is 0.274 e. The summed E-state index contributed by atoms with van der Waals surface area (Å²) in [5, 5.41) is 7.06. The Morgan fingerprint density at radius 2 is 2.00 bits per heavy atom. The number of rotatable bonds is 6. The summed E-state index contributed by atoms with van der Waals surface area (Å²) in [4.78, 5) is 14.2. The number of aromatic amines is 1. The molecule has 0 radical (unpaired) electrons. The van der Waals surface area contributed by atoms with Gasteiger partial charge in [0.05, 0.1) is 0 Å². The number of benzene rings is 1. The molecule has 106 valence electrons. The van der Waals surface area contributed by atoms with Gasteiger partial charge in [-0.1, -0.05) is 43.7 Å². The predicted molar refractivity (Wildman–Crippen MR) is 79.4 cm³/mol. The van der Waals surface area contributed by atoms with Gasteiger partial charge >= 0.3 is 0 Å². The van der Waals surface area contributed by atoms with Crippen LogP contribution in [0.15, 0.2) is 36.4 Å². The third kappa shape index (κ3) is 3.47. The molecule has 0 fully saturated rings. The largest absolute Gasteiger partial charge is 0.333 e. The molecule has 0 bridgehead atoms. The Balaban J connectivity index is 2.08. The van der Waals surface area contributed by atoms with E-state index in [1.165, 1.54) is 0 Å². The lowest BCUT2D eigenvalue weighted by molar-refractivity contribution is 0.0746. The number of amides is 1. The lowest BCUT2D eigenvalue weighted by Crippen LogP contribution is -2.30. The van der Waals surface area contributed by atoms with Crippen molar-refractivity contribution in [2.75, 3.05) is 6.54 Å². The van der Waals surface area contributed by atoms with Crippen molar-refractivity contribution in [2.24, 2.45) is 0 Å². The van der Waals surface area contributed by atoms with Crippen molar-refractivity contribution in [2.45, 2.75) is 33.2 Å². The van der Waals surface area contributed by atoms with Crippen molar-refractivity contribution in [3.8, 4) is 0 Å². The minimum Gasteiger partial charge on any atom is -0.333 e. The molecule has 1 aromatic heterocycles. The van der Waals surface area contributed by atoms with E-state index in [2.05, 4.69) is 17.1 Å². The first-order chi connectivity index (χ1) is 9.74. The van der Waals surface area contributed by atoms with Crippen molar-refractivity contribution in [1.29, 1.82) is 0 Å². The van der Waals surface area contributed by atoms with Gasteiger partial charge in [0.25, 0.3) is 5.91 Å². The van der Waals surface area contributed by atoms with Gasteiger partial charge in [-0.25, -0.2) is 0 Å². The average Bonchev–Trinajstić information content (AvgIpc) is 2.94. The summed E-state index contributed by atoms with van der Waals surface area (Å²) in [7, 11) is 0. The number of aryl methyl sites for hydroxylation is 1. The maximum atomic E-state index is 12.4. The molecule has 2 aromatic rings. The number of hydrogen-bond acceptors (Lipinski definition) is 2. The van der Waals surface area contributed by atoms with Gasteiger partial charge in [-0.2, -0.15) is 5.10 Å². The van der Waals surface area contributed by atoms with Gasteiger partial charge in [0.15, 0.2) is 0 Å². The van der Waals surface area contributed by atoms with E-state index >= 15 is 0 Å². The van der Waals surface area contributed by atoms with E-state index in [4.69, 9.17) is 0 Å². The maximum Gasteiger partial charge on any atom is 0.274 e. The Bertz CT molecular complexity index is 548. The average molecular weight is 271 g/mol. The Morgan fingerprint density at radius 1 is 1.25 bits per heavy atom. The fourth-order valence-electron chi connectivity index (χ4n) is 2.16. The van der Waals surface area contributed by atoms with E-state index in [0.29, 0.717) is 18.8 Å². The highest BCUT2D eigenvalue weighted by molar-refractivity contribution is 5.92. The van der Waals surface area contributed by atoms with Crippen LogP contribution in [0.5, 0.6) is 0 Å². The summed E-state index contributed by atoms with van der Waals surface area (Å²) in [5.41, 5.74) is 2.66. The second-order valence-corrected chi connectivity index (χ2v) is 4.83. The summed E-state index contributed by atoms with van der Waals surface area (Å²) in [6, 6.07) is 11.9. The van der Waals surface area contributed by atoms with Crippen LogP contribution >= 0.6 is 0 Å². The van der Waals surface area contributed by atoms with Crippen LogP contribution in [0.4, 0.5) is 0 Å². The first kappa shape index (κ1) is 14.3. The highest BCUT2D eigenvalue weighted by Crippen LogP contribution is 2.10. The fraction of sp³-hybridized carbons (Fsp3) is 0.375. The van der Waals surface area contributed by atoms with Crippen molar-refractivity contribution < 1.29 is 4.79 Å².